The number of rotatable bonds is 4. The maximum atomic E-state index is 12.1. The van der Waals surface area contributed by atoms with Crippen molar-refractivity contribution in [2.45, 2.75) is 51.7 Å². The summed E-state index contributed by atoms with van der Waals surface area (Å²) in [4.78, 5) is 12.1. The van der Waals surface area contributed by atoms with Crippen LogP contribution in [0.1, 0.15) is 38.4 Å². The van der Waals surface area contributed by atoms with Crippen molar-refractivity contribution in [1.29, 1.82) is 0 Å². The Morgan fingerprint density at radius 1 is 1.56 bits per heavy atom. The van der Waals surface area contributed by atoms with Gasteiger partial charge in [0, 0.05) is 12.6 Å². The first-order chi connectivity index (χ1) is 8.72. The number of hydrogen-bond acceptors (Lipinski definition) is 4. The van der Waals surface area contributed by atoms with E-state index >= 15 is 0 Å². The molecule has 6 heteroatoms. The smallest absolute Gasteiger partial charge is 0.225 e. The third kappa shape index (κ3) is 2.87. The number of hydrogen-bond donors (Lipinski definition) is 2. The summed E-state index contributed by atoms with van der Waals surface area (Å²) in [5.74, 6) is 0.792. The van der Waals surface area contributed by atoms with Gasteiger partial charge in [-0.25, -0.2) is 0 Å². The number of carbonyl (C=O) groups is 1. The summed E-state index contributed by atoms with van der Waals surface area (Å²) < 4.78 is 1.92. The van der Waals surface area contributed by atoms with Gasteiger partial charge in [-0.2, -0.15) is 0 Å². The maximum Gasteiger partial charge on any atom is 0.225 e. The fourth-order valence-corrected chi connectivity index (χ4v) is 2.46. The van der Waals surface area contributed by atoms with Gasteiger partial charge in [0.05, 0.1) is 12.5 Å². The standard InChI is InChI=1S/C12H21N5O/c1-2-17-8-15-16-11(17)7-14-12(18)9-5-3-4-6-10(9)13/h8-10H,2-7,13H2,1H3,(H,14,18). The molecule has 18 heavy (non-hydrogen) atoms. The van der Waals surface area contributed by atoms with Crippen molar-refractivity contribution in [1.82, 2.24) is 20.1 Å². The molecule has 2 atom stereocenters. The lowest BCUT2D eigenvalue weighted by Crippen LogP contribution is -2.43. The van der Waals surface area contributed by atoms with Crippen LogP contribution in [-0.2, 0) is 17.9 Å². The molecule has 6 nitrogen and oxygen atoms in total. The number of amides is 1. The molecule has 1 aliphatic carbocycles. The summed E-state index contributed by atoms with van der Waals surface area (Å²) >= 11 is 0. The Kier molecular flexibility index (Phi) is 4.30. The number of nitrogens with two attached hydrogens (primary N) is 1. The van der Waals surface area contributed by atoms with Crippen LogP contribution in [-0.4, -0.2) is 26.7 Å². The van der Waals surface area contributed by atoms with Crippen LogP contribution in [0.15, 0.2) is 6.33 Å². The van der Waals surface area contributed by atoms with E-state index in [4.69, 9.17) is 5.73 Å². The third-order valence-corrected chi connectivity index (χ3v) is 3.61. The molecule has 100 valence electrons. The molecule has 2 rings (SSSR count). The second-order valence-corrected chi connectivity index (χ2v) is 4.81. The van der Waals surface area contributed by atoms with E-state index in [2.05, 4.69) is 15.5 Å². The van der Waals surface area contributed by atoms with Crippen molar-refractivity contribution in [2.75, 3.05) is 0 Å². The molecule has 1 aromatic rings. The van der Waals surface area contributed by atoms with Crippen LogP contribution in [0.3, 0.4) is 0 Å². The lowest BCUT2D eigenvalue weighted by molar-refractivity contribution is -0.126. The zero-order valence-electron chi connectivity index (χ0n) is 10.8. The summed E-state index contributed by atoms with van der Waals surface area (Å²) in [7, 11) is 0. The second-order valence-electron chi connectivity index (χ2n) is 4.81. The Balaban J connectivity index is 1.88. The Morgan fingerprint density at radius 3 is 3.06 bits per heavy atom. The van der Waals surface area contributed by atoms with Gasteiger partial charge >= 0.3 is 0 Å². The largest absolute Gasteiger partial charge is 0.349 e. The summed E-state index contributed by atoms with van der Waals surface area (Å²) in [6.07, 6.45) is 5.75. The Labute approximate surface area is 107 Å². The fraction of sp³-hybridized carbons (Fsp3) is 0.750. The topological polar surface area (TPSA) is 85.8 Å². The minimum Gasteiger partial charge on any atom is -0.349 e. The van der Waals surface area contributed by atoms with E-state index in [1.54, 1.807) is 6.33 Å². The molecule has 2 unspecified atom stereocenters. The van der Waals surface area contributed by atoms with Crippen LogP contribution in [0.25, 0.3) is 0 Å². The summed E-state index contributed by atoms with van der Waals surface area (Å²) in [6, 6.07) is 0.00259. The number of aryl methyl sites for hydroxylation is 1. The van der Waals surface area contributed by atoms with E-state index in [9.17, 15) is 4.79 Å². The van der Waals surface area contributed by atoms with Gasteiger partial charge in [-0.3, -0.25) is 4.79 Å². The molecular weight excluding hydrogens is 230 g/mol. The zero-order valence-corrected chi connectivity index (χ0v) is 10.8. The molecule has 1 aromatic heterocycles. The van der Waals surface area contributed by atoms with Crippen molar-refractivity contribution < 1.29 is 4.79 Å². The first-order valence-corrected chi connectivity index (χ1v) is 6.62. The van der Waals surface area contributed by atoms with E-state index < -0.39 is 0 Å². The number of aromatic nitrogens is 3. The van der Waals surface area contributed by atoms with Crippen LogP contribution in [0.5, 0.6) is 0 Å². The highest BCUT2D eigenvalue weighted by Gasteiger charge is 2.28. The Hall–Kier alpha value is -1.43. The molecule has 0 spiro atoms. The van der Waals surface area contributed by atoms with E-state index in [0.717, 1.165) is 38.1 Å². The van der Waals surface area contributed by atoms with Crippen LogP contribution in [0, 0.1) is 5.92 Å². The van der Waals surface area contributed by atoms with Gasteiger partial charge in [0.15, 0.2) is 5.82 Å². The van der Waals surface area contributed by atoms with E-state index in [1.165, 1.54) is 0 Å². The maximum absolute atomic E-state index is 12.1. The van der Waals surface area contributed by atoms with Crippen molar-refractivity contribution in [3.8, 4) is 0 Å². The minimum atomic E-state index is -0.0447. The molecule has 0 aliphatic heterocycles. The highest BCUT2D eigenvalue weighted by molar-refractivity contribution is 5.79. The molecule has 0 aromatic carbocycles. The third-order valence-electron chi connectivity index (χ3n) is 3.61. The predicted molar refractivity (Wildman–Crippen MR) is 67.5 cm³/mol. The minimum absolute atomic E-state index is 0.00259. The molecule has 1 heterocycles. The van der Waals surface area contributed by atoms with Crippen molar-refractivity contribution >= 4 is 5.91 Å². The molecule has 0 bridgehead atoms. The van der Waals surface area contributed by atoms with Gasteiger partial charge in [0.25, 0.3) is 0 Å². The second kappa shape index (κ2) is 5.95. The van der Waals surface area contributed by atoms with Crippen molar-refractivity contribution in [3.05, 3.63) is 12.2 Å². The van der Waals surface area contributed by atoms with Gasteiger partial charge in [-0.1, -0.05) is 12.8 Å². The van der Waals surface area contributed by atoms with Gasteiger partial charge < -0.3 is 15.6 Å². The van der Waals surface area contributed by atoms with Crippen LogP contribution < -0.4 is 11.1 Å². The average Bonchev–Trinajstić information content (AvgIpc) is 2.84. The molecule has 0 saturated heterocycles. The lowest BCUT2D eigenvalue weighted by atomic mass is 9.84. The number of nitrogens with zero attached hydrogens (tertiary/aromatic N) is 3. The summed E-state index contributed by atoms with van der Waals surface area (Å²) in [5.41, 5.74) is 5.99. The molecule has 1 amide bonds. The highest BCUT2D eigenvalue weighted by atomic mass is 16.1. The SMILES string of the molecule is CCn1cnnc1CNC(=O)C1CCCCC1N. The number of carbonyl (C=O) groups excluding carboxylic acids is 1. The van der Waals surface area contributed by atoms with E-state index in [0.29, 0.717) is 6.54 Å². The van der Waals surface area contributed by atoms with Gasteiger partial charge in [-0.15, -0.1) is 10.2 Å². The van der Waals surface area contributed by atoms with Crippen molar-refractivity contribution in [2.24, 2.45) is 11.7 Å². The fourth-order valence-electron chi connectivity index (χ4n) is 2.46. The van der Waals surface area contributed by atoms with E-state index in [-0.39, 0.29) is 17.9 Å². The van der Waals surface area contributed by atoms with Crippen LogP contribution >= 0.6 is 0 Å². The molecule has 1 saturated carbocycles. The zero-order chi connectivity index (χ0) is 13.0. The van der Waals surface area contributed by atoms with Crippen LogP contribution in [0.2, 0.25) is 0 Å². The molecule has 1 aliphatic rings. The summed E-state index contributed by atoms with van der Waals surface area (Å²) in [5, 5.41) is 10.7. The average molecular weight is 251 g/mol. The van der Waals surface area contributed by atoms with Crippen molar-refractivity contribution in [3.63, 3.8) is 0 Å². The summed E-state index contributed by atoms with van der Waals surface area (Å²) in [6.45, 7) is 3.25. The highest BCUT2D eigenvalue weighted by Crippen LogP contribution is 2.22. The van der Waals surface area contributed by atoms with Crippen LogP contribution in [0.4, 0.5) is 0 Å². The molecule has 1 fully saturated rings. The van der Waals surface area contributed by atoms with E-state index in [1.807, 2.05) is 11.5 Å². The lowest BCUT2D eigenvalue weighted by Gasteiger charge is -2.27. The number of nitrogens with one attached hydrogen (secondary N) is 1. The van der Waals surface area contributed by atoms with Gasteiger partial charge in [-0.05, 0) is 19.8 Å². The van der Waals surface area contributed by atoms with Gasteiger partial charge in [0.2, 0.25) is 5.91 Å². The monoisotopic (exact) mass is 251 g/mol. The molecule has 3 N–H and O–H groups in total. The normalized spacial score (nSPS) is 23.9. The predicted octanol–water partition coefficient (Wildman–Crippen LogP) is 0.432. The van der Waals surface area contributed by atoms with Gasteiger partial charge in [0.1, 0.15) is 6.33 Å². The Bertz CT molecular complexity index is 403. The quantitative estimate of drug-likeness (QED) is 0.812. The molecular formula is C12H21N5O. The first kappa shape index (κ1) is 13.0. The first-order valence-electron chi connectivity index (χ1n) is 6.62. The molecule has 0 radical (unpaired) electrons. The Morgan fingerprint density at radius 2 is 2.33 bits per heavy atom.